The molecular weight excluding hydrogens is 254 g/mol. The zero-order valence-corrected chi connectivity index (χ0v) is 11.7. The van der Waals surface area contributed by atoms with E-state index in [1.807, 2.05) is 30.8 Å². The number of thioether (sulfide) groups is 1. The van der Waals surface area contributed by atoms with E-state index in [0.29, 0.717) is 11.8 Å². The van der Waals surface area contributed by atoms with Gasteiger partial charge >= 0.3 is 0 Å². The summed E-state index contributed by atoms with van der Waals surface area (Å²) in [5.74, 6) is 1.48. The molecule has 1 atom stereocenters. The second-order valence-electron chi connectivity index (χ2n) is 4.87. The summed E-state index contributed by atoms with van der Waals surface area (Å²) in [5.41, 5.74) is 3.25. The third-order valence-electron chi connectivity index (χ3n) is 3.51. The van der Waals surface area contributed by atoms with E-state index in [0.717, 1.165) is 23.4 Å². The van der Waals surface area contributed by atoms with Gasteiger partial charge in [-0.2, -0.15) is 0 Å². The molecule has 0 bridgehead atoms. The lowest BCUT2D eigenvalue weighted by atomic mass is 10.0. The van der Waals surface area contributed by atoms with Gasteiger partial charge in [0.05, 0.1) is 6.04 Å². The number of aryl methyl sites for hydroxylation is 1. The molecule has 2 N–H and O–H groups in total. The van der Waals surface area contributed by atoms with E-state index in [2.05, 4.69) is 29.6 Å². The van der Waals surface area contributed by atoms with Crippen molar-refractivity contribution in [2.24, 2.45) is 0 Å². The summed E-state index contributed by atoms with van der Waals surface area (Å²) in [6, 6.07) is 14.7. The Hall–Kier alpha value is -1.61. The van der Waals surface area contributed by atoms with Crippen LogP contribution in [0, 0.1) is 6.92 Å². The van der Waals surface area contributed by atoms with Crippen molar-refractivity contribution in [1.29, 1.82) is 0 Å². The van der Waals surface area contributed by atoms with Crippen molar-refractivity contribution in [1.82, 2.24) is 0 Å². The Morgan fingerprint density at radius 3 is 2.89 bits per heavy atom. The highest BCUT2D eigenvalue weighted by atomic mass is 32.2. The maximum atomic E-state index is 9.78. The van der Waals surface area contributed by atoms with Crippen molar-refractivity contribution in [3.05, 3.63) is 53.6 Å². The Bertz CT molecular complexity index is 597. The van der Waals surface area contributed by atoms with Crippen molar-refractivity contribution in [3.63, 3.8) is 0 Å². The van der Waals surface area contributed by atoms with Crippen LogP contribution in [0.3, 0.4) is 0 Å². The molecule has 2 aromatic rings. The molecular formula is C16H17NOS. The van der Waals surface area contributed by atoms with Gasteiger partial charge < -0.3 is 10.4 Å². The maximum Gasteiger partial charge on any atom is 0.120 e. The number of anilines is 1. The van der Waals surface area contributed by atoms with Gasteiger partial charge in [-0.1, -0.05) is 24.3 Å². The van der Waals surface area contributed by atoms with Crippen LogP contribution < -0.4 is 5.32 Å². The second-order valence-corrected chi connectivity index (χ2v) is 6.01. The highest BCUT2D eigenvalue weighted by molar-refractivity contribution is 7.99. The summed E-state index contributed by atoms with van der Waals surface area (Å²) in [6.45, 7) is 1.91. The molecule has 3 rings (SSSR count). The Labute approximate surface area is 117 Å². The number of phenols is 1. The molecule has 0 aromatic heterocycles. The molecule has 0 fully saturated rings. The lowest BCUT2D eigenvalue weighted by Gasteiger charge is -2.26. The summed E-state index contributed by atoms with van der Waals surface area (Å²) in [7, 11) is 0. The molecule has 19 heavy (non-hydrogen) atoms. The van der Waals surface area contributed by atoms with Gasteiger partial charge in [-0.25, -0.2) is 0 Å². The van der Waals surface area contributed by atoms with Crippen LogP contribution in [0.2, 0.25) is 0 Å². The number of hydrogen-bond acceptors (Lipinski definition) is 3. The minimum atomic E-state index is 0.333. The number of benzene rings is 2. The van der Waals surface area contributed by atoms with E-state index in [1.54, 1.807) is 6.07 Å². The topological polar surface area (TPSA) is 32.3 Å². The first kappa shape index (κ1) is 12.4. The first-order valence-corrected chi connectivity index (χ1v) is 7.50. The SMILES string of the molecule is Cc1ccc(NC2CCSc3ccccc32)cc1O. The second kappa shape index (κ2) is 5.17. The van der Waals surface area contributed by atoms with E-state index < -0.39 is 0 Å². The van der Waals surface area contributed by atoms with Crippen LogP contribution in [-0.2, 0) is 0 Å². The Kier molecular flexibility index (Phi) is 3.38. The molecule has 2 nitrogen and oxygen atoms in total. The Balaban J connectivity index is 1.86. The van der Waals surface area contributed by atoms with E-state index >= 15 is 0 Å². The summed E-state index contributed by atoms with van der Waals surface area (Å²) in [6.07, 6.45) is 1.11. The molecule has 1 unspecified atom stereocenters. The lowest BCUT2D eigenvalue weighted by molar-refractivity contribution is 0.471. The fourth-order valence-corrected chi connectivity index (χ4v) is 3.52. The van der Waals surface area contributed by atoms with Crippen molar-refractivity contribution >= 4 is 17.4 Å². The van der Waals surface area contributed by atoms with Crippen LogP contribution >= 0.6 is 11.8 Å². The highest BCUT2D eigenvalue weighted by Gasteiger charge is 2.20. The summed E-state index contributed by atoms with van der Waals surface area (Å²) >= 11 is 1.92. The summed E-state index contributed by atoms with van der Waals surface area (Å²) in [5, 5.41) is 13.3. The van der Waals surface area contributed by atoms with Gasteiger partial charge in [-0.05, 0) is 36.6 Å². The average molecular weight is 271 g/mol. The predicted molar refractivity (Wildman–Crippen MR) is 81.0 cm³/mol. The molecule has 0 aliphatic carbocycles. The van der Waals surface area contributed by atoms with Gasteiger partial charge in [-0.15, -0.1) is 11.8 Å². The van der Waals surface area contributed by atoms with E-state index in [1.165, 1.54) is 10.5 Å². The largest absolute Gasteiger partial charge is 0.508 e. The van der Waals surface area contributed by atoms with Crippen molar-refractivity contribution in [3.8, 4) is 5.75 Å². The molecule has 1 aliphatic rings. The number of phenolic OH excluding ortho intramolecular Hbond substituents is 1. The van der Waals surface area contributed by atoms with Gasteiger partial charge in [0, 0.05) is 22.4 Å². The molecule has 0 saturated heterocycles. The first-order valence-electron chi connectivity index (χ1n) is 6.52. The van der Waals surface area contributed by atoms with E-state index in [9.17, 15) is 5.11 Å². The first-order chi connectivity index (χ1) is 9.24. The fraction of sp³-hybridized carbons (Fsp3) is 0.250. The normalized spacial score (nSPS) is 17.8. The Morgan fingerprint density at radius 1 is 1.21 bits per heavy atom. The molecule has 98 valence electrons. The van der Waals surface area contributed by atoms with E-state index in [-0.39, 0.29) is 0 Å². The van der Waals surface area contributed by atoms with Crippen molar-refractivity contribution < 1.29 is 5.11 Å². The van der Waals surface area contributed by atoms with Crippen LogP contribution in [0.4, 0.5) is 5.69 Å². The minimum absolute atomic E-state index is 0.333. The average Bonchev–Trinajstić information content (AvgIpc) is 2.43. The summed E-state index contributed by atoms with van der Waals surface area (Å²) < 4.78 is 0. The van der Waals surface area contributed by atoms with Crippen LogP contribution in [0.25, 0.3) is 0 Å². The predicted octanol–water partition coefficient (Wildman–Crippen LogP) is 4.35. The number of rotatable bonds is 2. The van der Waals surface area contributed by atoms with Crippen LogP contribution in [0.1, 0.15) is 23.6 Å². The number of fused-ring (bicyclic) bond motifs is 1. The maximum absolute atomic E-state index is 9.78. The lowest BCUT2D eigenvalue weighted by Crippen LogP contribution is -2.15. The fourth-order valence-electron chi connectivity index (χ4n) is 2.39. The van der Waals surface area contributed by atoms with Gasteiger partial charge in [0.15, 0.2) is 0 Å². The van der Waals surface area contributed by atoms with Crippen molar-refractivity contribution in [2.75, 3.05) is 11.1 Å². The number of nitrogens with one attached hydrogen (secondary N) is 1. The zero-order valence-electron chi connectivity index (χ0n) is 10.9. The van der Waals surface area contributed by atoms with E-state index in [4.69, 9.17) is 0 Å². The van der Waals surface area contributed by atoms with Crippen LogP contribution in [0.15, 0.2) is 47.4 Å². The minimum Gasteiger partial charge on any atom is -0.508 e. The summed E-state index contributed by atoms with van der Waals surface area (Å²) in [4.78, 5) is 1.36. The third-order valence-corrected chi connectivity index (χ3v) is 4.63. The zero-order chi connectivity index (χ0) is 13.2. The molecule has 0 radical (unpaired) electrons. The number of aromatic hydroxyl groups is 1. The number of hydrogen-bond donors (Lipinski definition) is 2. The molecule has 1 heterocycles. The monoisotopic (exact) mass is 271 g/mol. The van der Waals surface area contributed by atoms with Gasteiger partial charge in [0.1, 0.15) is 5.75 Å². The molecule has 0 saturated carbocycles. The Morgan fingerprint density at radius 2 is 2.05 bits per heavy atom. The quantitative estimate of drug-likeness (QED) is 0.851. The molecule has 0 amide bonds. The van der Waals surface area contributed by atoms with Crippen molar-refractivity contribution in [2.45, 2.75) is 24.3 Å². The van der Waals surface area contributed by atoms with Gasteiger partial charge in [0.25, 0.3) is 0 Å². The molecule has 1 aliphatic heterocycles. The standard InChI is InChI=1S/C16H17NOS/c1-11-6-7-12(10-15(11)18)17-14-8-9-19-16-5-3-2-4-13(14)16/h2-7,10,14,17-18H,8-9H2,1H3. The highest BCUT2D eigenvalue weighted by Crippen LogP contribution is 2.38. The molecule has 2 aromatic carbocycles. The van der Waals surface area contributed by atoms with Gasteiger partial charge in [-0.3, -0.25) is 0 Å². The third kappa shape index (κ3) is 2.56. The van der Waals surface area contributed by atoms with Crippen LogP contribution in [-0.4, -0.2) is 10.9 Å². The van der Waals surface area contributed by atoms with Gasteiger partial charge in [0.2, 0.25) is 0 Å². The molecule has 0 spiro atoms. The smallest absolute Gasteiger partial charge is 0.120 e. The molecule has 3 heteroatoms. The van der Waals surface area contributed by atoms with Crippen LogP contribution in [0.5, 0.6) is 5.75 Å².